The summed E-state index contributed by atoms with van der Waals surface area (Å²) in [4.78, 5) is 6.85. The van der Waals surface area contributed by atoms with Crippen LogP contribution < -0.4 is 10.1 Å². The number of nitrogens with one attached hydrogen (secondary N) is 1. The second-order valence-electron chi connectivity index (χ2n) is 5.90. The van der Waals surface area contributed by atoms with Gasteiger partial charge in [0.25, 0.3) is 0 Å². The predicted octanol–water partition coefficient (Wildman–Crippen LogP) is 2.89. The molecule has 0 saturated heterocycles. The van der Waals surface area contributed by atoms with E-state index < -0.39 is 0 Å². The van der Waals surface area contributed by atoms with Gasteiger partial charge in [0.05, 0.1) is 13.1 Å². The molecule has 1 aromatic carbocycles. The Bertz CT molecular complexity index is 636. The number of aliphatic imine (C=N–C) groups is 1. The summed E-state index contributed by atoms with van der Waals surface area (Å²) in [7, 11) is 4.11. The van der Waals surface area contributed by atoms with Crippen LogP contribution in [0.2, 0.25) is 0 Å². The first-order valence-electron chi connectivity index (χ1n) is 8.41. The van der Waals surface area contributed by atoms with Crippen LogP contribution in [0, 0.1) is 0 Å². The van der Waals surface area contributed by atoms with Crippen LogP contribution in [-0.2, 0) is 13.6 Å². The van der Waals surface area contributed by atoms with Gasteiger partial charge < -0.3 is 19.5 Å². The van der Waals surface area contributed by atoms with Gasteiger partial charge in [-0.3, -0.25) is 0 Å². The minimum Gasteiger partial charge on any atom is -0.489 e. The minimum absolute atomic E-state index is 0.0180. The SMILES string of the molecule is CCNC(=NCC(C)Oc1ccccc1)N(C)Cc1cccn1C. The second kappa shape index (κ2) is 9.01. The lowest BCUT2D eigenvalue weighted by Crippen LogP contribution is -2.39. The Morgan fingerprint density at radius 3 is 2.62 bits per heavy atom. The van der Waals surface area contributed by atoms with Gasteiger partial charge in [0, 0.05) is 32.5 Å². The molecule has 0 aliphatic rings. The van der Waals surface area contributed by atoms with Crippen molar-refractivity contribution in [2.45, 2.75) is 26.5 Å². The van der Waals surface area contributed by atoms with Crippen molar-refractivity contribution in [3.63, 3.8) is 0 Å². The largest absolute Gasteiger partial charge is 0.489 e. The summed E-state index contributed by atoms with van der Waals surface area (Å²) in [5, 5.41) is 3.34. The molecule has 5 nitrogen and oxygen atoms in total. The maximum Gasteiger partial charge on any atom is 0.194 e. The second-order valence-corrected chi connectivity index (χ2v) is 5.90. The molecule has 1 N–H and O–H groups in total. The van der Waals surface area contributed by atoms with Crippen LogP contribution in [0.1, 0.15) is 19.5 Å². The molecule has 0 radical (unpaired) electrons. The van der Waals surface area contributed by atoms with Gasteiger partial charge in [-0.2, -0.15) is 0 Å². The first-order chi connectivity index (χ1) is 11.6. The average molecular weight is 328 g/mol. The Labute approximate surface area is 145 Å². The van der Waals surface area contributed by atoms with E-state index in [0.717, 1.165) is 24.8 Å². The first-order valence-corrected chi connectivity index (χ1v) is 8.41. The van der Waals surface area contributed by atoms with Gasteiger partial charge in [-0.25, -0.2) is 4.99 Å². The third kappa shape index (κ3) is 5.33. The number of rotatable bonds is 7. The number of hydrogen-bond donors (Lipinski definition) is 1. The summed E-state index contributed by atoms with van der Waals surface area (Å²) >= 11 is 0. The standard InChI is InChI=1S/C19H28N4O/c1-5-20-19(23(4)15-17-10-9-13-22(17)3)21-14-16(2)24-18-11-7-6-8-12-18/h6-13,16H,5,14-15H2,1-4H3,(H,20,21). The van der Waals surface area contributed by atoms with E-state index in [0.29, 0.717) is 6.54 Å². The van der Waals surface area contributed by atoms with E-state index in [1.807, 2.05) is 37.3 Å². The number of hydrogen-bond acceptors (Lipinski definition) is 2. The molecule has 1 heterocycles. The lowest BCUT2D eigenvalue weighted by Gasteiger charge is -2.23. The molecule has 0 aliphatic heterocycles. The molecule has 24 heavy (non-hydrogen) atoms. The first kappa shape index (κ1) is 17.9. The Balaban J connectivity index is 1.95. The fourth-order valence-electron chi connectivity index (χ4n) is 2.43. The number of aromatic nitrogens is 1. The molecule has 2 rings (SSSR count). The van der Waals surface area contributed by atoms with E-state index in [1.165, 1.54) is 5.69 Å². The quantitative estimate of drug-likeness (QED) is 0.628. The molecule has 130 valence electrons. The highest BCUT2D eigenvalue weighted by Crippen LogP contribution is 2.11. The molecule has 1 aromatic heterocycles. The number of ether oxygens (including phenoxy) is 1. The van der Waals surface area contributed by atoms with Crippen LogP contribution in [0.25, 0.3) is 0 Å². The smallest absolute Gasteiger partial charge is 0.194 e. The number of nitrogens with zero attached hydrogens (tertiary/aromatic N) is 3. The third-order valence-electron chi connectivity index (χ3n) is 3.73. The number of guanidine groups is 1. The Hall–Kier alpha value is -2.43. The zero-order valence-electron chi connectivity index (χ0n) is 15.1. The van der Waals surface area contributed by atoms with Crippen LogP contribution in [0.4, 0.5) is 0 Å². The maximum absolute atomic E-state index is 5.89. The molecule has 2 aromatic rings. The lowest BCUT2D eigenvalue weighted by molar-refractivity contribution is 0.229. The minimum atomic E-state index is 0.0180. The van der Waals surface area contributed by atoms with Gasteiger partial charge in [0.15, 0.2) is 5.96 Å². The summed E-state index contributed by atoms with van der Waals surface area (Å²) in [6, 6.07) is 14.0. The van der Waals surface area contributed by atoms with E-state index in [4.69, 9.17) is 9.73 Å². The predicted molar refractivity (Wildman–Crippen MR) is 99.4 cm³/mol. The summed E-state index contributed by atoms with van der Waals surface area (Å²) in [6.45, 7) is 6.37. The number of benzene rings is 1. The topological polar surface area (TPSA) is 41.8 Å². The van der Waals surface area contributed by atoms with Crippen molar-refractivity contribution < 1.29 is 4.74 Å². The molecule has 0 bridgehead atoms. The average Bonchev–Trinajstić information content (AvgIpc) is 2.97. The van der Waals surface area contributed by atoms with Crippen LogP contribution in [-0.4, -0.2) is 41.7 Å². The molecule has 0 amide bonds. The molecule has 1 unspecified atom stereocenters. The molecular weight excluding hydrogens is 300 g/mol. The Morgan fingerprint density at radius 1 is 1.25 bits per heavy atom. The van der Waals surface area contributed by atoms with E-state index in [2.05, 4.69) is 54.1 Å². The van der Waals surface area contributed by atoms with E-state index >= 15 is 0 Å². The number of para-hydroxylation sites is 1. The zero-order valence-corrected chi connectivity index (χ0v) is 15.1. The van der Waals surface area contributed by atoms with Crippen molar-refractivity contribution in [1.82, 2.24) is 14.8 Å². The summed E-state index contributed by atoms with van der Waals surface area (Å²) in [6.07, 6.45) is 2.08. The van der Waals surface area contributed by atoms with Crippen molar-refractivity contribution in [2.75, 3.05) is 20.1 Å². The molecule has 0 spiro atoms. The van der Waals surface area contributed by atoms with Crippen molar-refractivity contribution in [2.24, 2.45) is 12.0 Å². The highest BCUT2D eigenvalue weighted by molar-refractivity contribution is 5.79. The van der Waals surface area contributed by atoms with E-state index in [-0.39, 0.29) is 6.10 Å². The van der Waals surface area contributed by atoms with Gasteiger partial charge in [-0.05, 0) is 38.1 Å². The van der Waals surface area contributed by atoms with Gasteiger partial charge in [-0.1, -0.05) is 18.2 Å². The van der Waals surface area contributed by atoms with Crippen LogP contribution in [0.3, 0.4) is 0 Å². The van der Waals surface area contributed by atoms with Crippen LogP contribution >= 0.6 is 0 Å². The van der Waals surface area contributed by atoms with Crippen molar-refractivity contribution in [3.8, 4) is 5.75 Å². The summed E-state index contributed by atoms with van der Waals surface area (Å²) in [5.41, 5.74) is 1.25. The Kier molecular flexibility index (Phi) is 6.73. The highest BCUT2D eigenvalue weighted by atomic mass is 16.5. The molecule has 1 atom stereocenters. The van der Waals surface area contributed by atoms with Gasteiger partial charge in [-0.15, -0.1) is 0 Å². The molecule has 0 saturated carbocycles. The summed E-state index contributed by atoms with van der Waals surface area (Å²) < 4.78 is 8.02. The summed E-state index contributed by atoms with van der Waals surface area (Å²) in [5.74, 6) is 1.77. The molecule has 0 aliphatic carbocycles. The van der Waals surface area contributed by atoms with Crippen molar-refractivity contribution in [3.05, 3.63) is 54.4 Å². The highest BCUT2D eigenvalue weighted by Gasteiger charge is 2.10. The monoisotopic (exact) mass is 328 g/mol. The van der Waals surface area contributed by atoms with Gasteiger partial charge in [0.2, 0.25) is 0 Å². The van der Waals surface area contributed by atoms with Crippen molar-refractivity contribution in [1.29, 1.82) is 0 Å². The zero-order chi connectivity index (χ0) is 17.4. The Morgan fingerprint density at radius 2 is 2.00 bits per heavy atom. The normalized spacial score (nSPS) is 12.8. The maximum atomic E-state index is 5.89. The van der Waals surface area contributed by atoms with Crippen molar-refractivity contribution >= 4 is 5.96 Å². The molecular formula is C19H28N4O. The van der Waals surface area contributed by atoms with Crippen LogP contribution in [0.5, 0.6) is 5.75 Å². The van der Waals surface area contributed by atoms with Gasteiger partial charge >= 0.3 is 0 Å². The number of aryl methyl sites for hydroxylation is 1. The molecule has 5 heteroatoms. The van der Waals surface area contributed by atoms with Gasteiger partial charge in [0.1, 0.15) is 11.9 Å². The third-order valence-corrected chi connectivity index (χ3v) is 3.73. The van der Waals surface area contributed by atoms with Crippen LogP contribution in [0.15, 0.2) is 53.7 Å². The lowest BCUT2D eigenvalue weighted by atomic mass is 10.3. The fraction of sp³-hybridized carbons (Fsp3) is 0.421. The van der Waals surface area contributed by atoms with E-state index in [1.54, 1.807) is 0 Å². The molecule has 0 fully saturated rings. The fourth-order valence-corrected chi connectivity index (χ4v) is 2.43. The van der Waals surface area contributed by atoms with E-state index in [9.17, 15) is 0 Å².